The summed E-state index contributed by atoms with van der Waals surface area (Å²) in [6.07, 6.45) is 0.648. The van der Waals surface area contributed by atoms with Crippen molar-refractivity contribution in [3.63, 3.8) is 0 Å². The van der Waals surface area contributed by atoms with E-state index in [-0.39, 0.29) is 25.2 Å². The molecular weight excluding hydrogens is 319 g/mol. The van der Waals surface area contributed by atoms with Crippen molar-refractivity contribution >= 4 is 17.7 Å². The van der Waals surface area contributed by atoms with Crippen molar-refractivity contribution in [3.05, 3.63) is 12.7 Å². The van der Waals surface area contributed by atoms with Gasteiger partial charge in [0.05, 0.1) is 25.1 Å². The molecule has 0 aliphatic carbocycles. The Morgan fingerprint density at radius 3 is 1.95 bits per heavy atom. The number of ether oxygens (including phenoxy) is 1. The van der Waals surface area contributed by atoms with Crippen LogP contribution in [0.3, 0.4) is 0 Å². The van der Waals surface area contributed by atoms with Gasteiger partial charge < -0.3 is 13.8 Å². The summed E-state index contributed by atoms with van der Waals surface area (Å²) in [6, 6.07) is 0. The minimum absolute atomic E-state index is 0.244. The first-order valence-corrected chi connectivity index (χ1v) is 10.1. The third-order valence-corrected chi connectivity index (χ3v) is 4.41. The summed E-state index contributed by atoms with van der Waals surface area (Å²) in [7, 11) is -7.02. The van der Waals surface area contributed by atoms with E-state index in [2.05, 4.69) is 10.8 Å². The maximum absolute atomic E-state index is 12.5. The zero-order valence-electron chi connectivity index (χ0n) is 13.1. The summed E-state index contributed by atoms with van der Waals surface area (Å²) in [5.41, 5.74) is 0. The van der Waals surface area contributed by atoms with E-state index < -0.39 is 23.8 Å². The maximum atomic E-state index is 12.5. The quantitative estimate of drug-likeness (QED) is 0.323. The normalized spacial score (nSPS) is 14.6. The minimum atomic E-state index is -3.58. The van der Waals surface area contributed by atoms with Crippen molar-refractivity contribution in [2.24, 2.45) is 0 Å². The van der Waals surface area contributed by atoms with Gasteiger partial charge in [-0.25, -0.2) is 0 Å². The molecule has 0 amide bonds. The van der Waals surface area contributed by atoms with Gasteiger partial charge in [0.25, 0.3) is 10.1 Å². The van der Waals surface area contributed by atoms with Crippen molar-refractivity contribution in [2.45, 2.75) is 46.0 Å². The fourth-order valence-electron chi connectivity index (χ4n) is 1.29. The second kappa shape index (κ2) is 9.02. The van der Waals surface area contributed by atoms with Crippen LogP contribution in [-0.2, 0) is 32.7 Å². The molecule has 0 fully saturated rings. The molecule has 126 valence electrons. The Bertz CT molecular complexity index is 444. The van der Waals surface area contributed by atoms with Crippen molar-refractivity contribution in [2.75, 3.05) is 19.2 Å². The van der Waals surface area contributed by atoms with Gasteiger partial charge in [-0.1, -0.05) is 6.08 Å². The summed E-state index contributed by atoms with van der Waals surface area (Å²) < 4.78 is 54.9. The summed E-state index contributed by atoms with van der Waals surface area (Å²) in [5.74, 6) is 0. The van der Waals surface area contributed by atoms with E-state index in [0.717, 1.165) is 6.26 Å². The molecule has 0 aromatic rings. The second-order valence-corrected chi connectivity index (χ2v) is 8.52. The van der Waals surface area contributed by atoms with Crippen LogP contribution in [-0.4, -0.2) is 45.9 Å². The smallest absolute Gasteiger partial charge is 0.356 e. The van der Waals surface area contributed by atoms with E-state index in [1.54, 1.807) is 27.7 Å². The highest BCUT2D eigenvalue weighted by molar-refractivity contribution is 7.85. The Kier molecular flexibility index (Phi) is 8.92. The lowest BCUT2D eigenvalue weighted by atomic mass is 10.4. The lowest BCUT2D eigenvalue weighted by Gasteiger charge is -2.24. The van der Waals surface area contributed by atoms with Crippen LogP contribution in [0.5, 0.6) is 0 Å². The van der Waals surface area contributed by atoms with Crippen molar-refractivity contribution in [3.8, 4) is 0 Å². The highest BCUT2D eigenvalue weighted by atomic mass is 32.2. The van der Waals surface area contributed by atoms with Crippen LogP contribution in [0, 0.1) is 0 Å². The molecule has 0 unspecified atom stereocenters. The first kappa shape index (κ1) is 20.8. The summed E-state index contributed by atoms with van der Waals surface area (Å²) in [5, 5.41) is 0. The van der Waals surface area contributed by atoms with Gasteiger partial charge in [-0.15, -0.1) is 6.58 Å². The fraction of sp³-hybridized carbons (Fsp3) is 0.833. The van der Waals surface area contributed by atoms with E-state index in [0.29, 0.717) is 0 Å². The van der Waals surface area contributed by atoms with Gasteiger partial charge >= 0.3 is 7.60 Å². The fourth-order valence-corrected chi connectivity index (χ4v) is 3.50. The molecule has 0 aromatic carbocycles. The minimum Gasteiger partial charge on any atom is -0.359 e. The predicted octanol–water partition coefficient (Wildman–Crippen LogP) is 2.53. The van der Waals surface area contributed by atoms with Crippen LogP contribution in [0.15, 0.2) is 12.7 Å². The highest BCUT2D eigenvalue weighted by Gasteiger charge is 2.29. The van der Waals surface area contributed by atoms with E-state index in [9.17, 15) is 13.0 Å². The monoisotopic (exact) mass is 344 g/mol. The van der Waals surface area contributed by atoms with Crippen molar-refractivity contribution in [1.29, 1.82) is 0 Å². The summed E-state index contributed by atoms with van der Waals surface area (Å²) >= 11 is 0. The molecule has 0 heterocycles. The molecule has 1 atom stereocenters. The molecular formula is C12H25O7PS. The standard InChI is InChI=1S/C12H25O7PS/c1-7-12(8-17-21(6,14)15)16-9-20(13,18-10(2)3)19-11(4)5/h7,10-12H,1,8-9H2,2-6H3/t12-/m0/s1. The average molecular weight is 344 g/mol. The van der Waals surface area contributed by atoms with E-state index in [1.807, 2.05) is 0 Å². The van der Waals surface area contributed by atoms with E-state index in [1.165, 1.54) is 6.08 Å². The van der Waals surface area contributed by atoms with Crippen molar-refractivity contribution < 1.29 is 31.0 Å². The Hall–Kier alpha value is -0.240. The van der Waals surface area contributed by atoms with Crippen LogP contribution >= 0.6 is 7.60 Å². The van der Waals surface area contributed by atoms with Gasteiger partial charge in [-0.05, 0) is 27.7 Å². The van der Waals surface area contributed by atoms with Gasteiger partial charge in [-0.3, -0.25) is 8.75 Å². The molecule has 0 aliphatic heterocycles. The molecule has 0 aromatic heterocycles. The van der Waals surface area contributed by atoms with E-state index >= 15 is 0 Å². The zero-order valence-corrected chi connectivity index (χ0v) is 14.9. The van der Waals surface area contributed by atoms with Gasteiger partial charge in [0, 0.05) is 0 Å². The molecule has 0 aliphatic rings. The largest absolute Gasteiger partial charge is 0.359 e. The molecule has 0 radical (unpaired) electrons. The molecule has 0 N–H and O–H groups in total. The molecule has 9 heteroatoms. The van der Waals surface area contributed by atoms with Gasteiger partial charge in [0.15, 0.2) is 0 Å². The van der Waals surface area contributed by atoms with Crippen LogP contribution in [0.4, 0.5) is 0 Å². The molecule has 7 nitrogen and oxygen atoms in total. The van der Waals surface area contributed by atoms with Crippen LogP contribution in [0.1, 0.15) is 27.7 Å². The molecule has 0 saturated carbocycles. The summed E-state index contributed by atoms with van der Waals surface area (Å²) in [4.78, 5) is 0. The number of hydrogen-bond acceptors (Lipinski definition) is 7. The Morgan fingerprint density at radius 2 is 1.62 bits per heavy atom. The molecule has 21 heavy (non-hydrogen) atoms. The molecule has 0 spiro atoms. The zero-order chi connectivity index (χ0) is 16.7. The van der Waals surface area contributed by atoms with Crippen LogP contribution in [0.2, 0.25) is 0 Å². The van der Waals surface area contributed by atoms with Gasteiger partial charge in [-0.2, -0.15) is 8.42 Å². The first-order chi connectivity index (χ1) is 9.47. The maximum Gasteiger partial charge on any atom is 0.356 e. The predicted molar refractivity (Wildman–Crippen MR) is 80.8 cm³/mol. The second-order valence-electron chi connectivity index (χ2n) is 4.98. The molecule has 0 rings (SSSR count). The van der Waals surface area contributed by atoms with Crippen LogP contribution < -0.4 is 0 Å². The van der Waals surface area contributed by atoms with Crippen LogP contribution in [0.25, 0.3) is 0 Å². The number of rotatable bonds is 11. The van der Waals surface area contributed by atoms with Gasteiger partial charge in [0.1, 0.15) is 12.5 Å². The molecule has 0 bridgehead atoms. The Balaban J connectivity index is 4.63. The molecule has 0 saturated heterocycles. The third-order valence-electron chi connectivity index (χ3n) is 1.90. The topological polar surface area (TPSA) is 88.1 Å². The Morgan fingerprint density at radius 1 is 1.14 bits per heavy atom. The first-order valence-electron chi connectivity index (χ1n) is 6.52. The van der Waals surface area contributed by atoms with E-state index in [4.69, 9.17) is 13.8 Å². The van der Waals surface area contributed by atoms with Crippen molar-refractivity contribution in [1.82, 2.24) is 0 Å². The third kappa shape index (κ3) is 11.0. The lowest BCUT2D eigenvalue weighted by molar-refractivity contribution is 0.0534. The number of hydrogen-bond donors (Lipinski definition) is 0. The summed E-state index contributed by atoms with van der Waals surface area (Å²) in [6.45, 7) is 10.2. The SMILES string of the molecule is C=C[C@@H](COS(C)(=O)=O)OCP(=O)(OC(C)C)OC(C)C. The highest BCUT2D eigenvalue weighted by Crippen LogP contribution is 2.50. The lowest BCUT2D eigenvalue weighted by Crippen LogP contribution is -2.22. The Labute approximate surface area is 127 Å². The average Bonchev–Trinajstić information content (AvgIpc) is 2.25. The van der Waals surface area contributed by atoms with Gasteiger partial charge in [0.2, 0.25) is 0 Å².